The Kier molecular flexibility index (Phi) is 5.35. The summed E-state index contributed by atoms with van der Waals surface area (Å²) in [6.07, 6.45) is 2.10. The predicted octanol–water partition coefficient (Wildman–Crippen LogP) is 1.01. The summed E-state index contributed by atoms with van der Waals surface area (Å²) in [6, 6.07) is 7.71. The summed E-state index contributed by atoms with van der Waals surface area (Å²) >= 11 is 0. The van der Waals surface area contributed by atoms with Crippen molar-refractivity contribution in [2.75, 3.05) is 33.3 Å². The van der Waals surface area contributed by atoms with Gasteiger partial charge in [-0.1, -0.05) is 18.2 Å². The summed E-state index contributed by atoms with van der Waals surface area (Å²) in [7, 11) is 1.69. The molecule has 2 fully saturated rings. The van der Waals surface area contributed by atoms with Gasteiger partial charge in [0, 0.05) is 44.7 Å². The molecule has 2 heterocycles. The number of amides is 2. The zero-order valence-electron chi connectivity index (χ0n) is 14.2. The number of nitrogens with one attached hydrogen (secondary N) is 1. The number of benzene rings is 1. The van der Waals surface area contributed by atoms with Crippen LogP contribution in [0.5, 0.6) is 5.75 Å². The van der Waals surface area contributed by atoms with Crippen LogP contribution in [0.4, 0.5) is 0 Å². The fourth-order valence-electron chi connectivity index (χ4n) is 3.41. The van der Waals surface area contributed by atoms with Crippen molar-refractivity contribution in [3.63, 3.8) is 0 Å². The number of nitrogens with zero attached hydrogens (tertiary/aromatic N) is 2. The average molecular weight is 331 g/mol. The van der Waals surface area contributed by atoms with Gasteiger partial charge in [-0.05, 0) is 18.9 Å². The van der Waals surface area contributed by atoms with E-state index < -0.39 is 0 Å². The van der Waals surface area contributed by atoms with Gasteiger partial charge in [0.2, 0.25) is 11.8 Å². The molecule has 1 aromatic rings. The summed E-state index contributed by atoms with van der Waals surface area (Å²) in [6.45, 7) is 3.92. The standard InChI is InChI=1S/C18H25N3O3/c1-24-16-7-3-2-5-14(16)13-20-9-11-21(12-10-20)18(23)15-6-4-8-17(22)19-15/h2-3,5,7,15H,4,6,8-13H2,1H3,(H,19,22)/t15-/m1/s1. The van der Waals surface area contributed by atoms with Gasteiger partial charge in [0.05, 0.1) is 7.11 Å². The summed E-state index contributed by atoms with van der Waals surface area (Å²) in [4.78, 5) is 28.2. The molecule has 2 aliphatic rings. The van der Waals surface area contributed by atoms with E-state index in [2.05, 4.69) is 16.3 Å². The Labute approximate surface area is 142 Å². The molecule has 1 aromatic carbocycles. The molecule has 6 heteroatoms. The minimum atomic E-state index is -0.327. The number of carbonyl (C=O) groups is 2. The van der Waals surface area contributed by atoms with Crippen molar-refractivity contribution < 1.29 is 14.3 Å². The van der Waals surface area contributed by atoms with Gasteiger partial charge < -0.3 is 15.0 Å². The van der Waals surface area contributed by atoms with Crippen molar-refractivity contribution >= 4 is 11.8 Å². The first kappa shape index (κ1) is 16.8. The topological polar surface area (TPSA) is 61.9 Å². The maximum atomic E-state index is 12.5. The third-order valence-electron chi connectivity index (χ3n) is 4.80. The first-order valence-corrected chi connectivity index (χ1v) is 8.60. The van der Waals surface area contributed by atoms with Crippen LogP contribution in [0.2, 0.25) is 0 Å². The van der Waals surface area contributed by atoms with E-state index in [1.165, 1.54) is 5.56 Å². The molecule has 2 aliphatic heterocycles. The Morgan fingerprint density at radius 3 is 2.71 bits per heavy atom. The third kappa shape index (κ3) is 3.87. The summed E-state index contributed by atoms with van der Waals surface area (Å²) < 4.78 is 5.40. The Balaban J connectivity index is 1.52. The lowest BCUT2D eigenvalue weighted by Crippen LogP contribution is -2.55. The number of hydrogen-bond acceptors (Lipinski definition) is 4. The molecule has 24 heavy (non-hydrogen) atoms. The Morgan fingerprint density at radius 2 is 2.00 bits per heavy atom. The summed E-state index contributed by atoms with van der Waals surface area (Å²) in [5.74, 6) is 0.968. The average Bonchev–Trinajstić information content (AvgIpc) is 2.62. The quantitative estimate of drug-likeness (QED) is 0.894. The highest BCUT2D eigenvalue weighted by Crippen LogP contribution is 2.20. The fraction of sp³-hybridized carbons (Fsp3) is 0.556. The normalized spacial score (nSPS) is 22.1. The van der Waals surface area contributed by atoms with Crippen molar-refractivity contribution in [3.8, 4) is 5.75 Å². The maximum Gasteiger partial charge on any atom is 0.245 e. The van der Waals surface area contributed by atoms with Gasteiger partial charge in [0.1, 0.15) is 11.8 Å². The number of carbonyl (C=O) groups excluding carboxylic acids is 2. The number of methoxy groups -OCH3 is 1. The lowest BCUT2D eigenvalue weighted by atomic mass is 10.0. The molecule has 0 aliphatic carbocycles. The van der Waals surface area contributed by atoms with E-state index in [1.807, 2.05) is 23.1 Å². The molecule has 0 bridgehead atoms. The predicted molar refractivity (Wildman–Crippen MR) is 90.6 cm³/mol. The largest absolute Gasteiger partial charge is 0.496 e. The number of rotatable bonds is 4. The highest BCUT2D eigenvalue weighted by molar-refractivity contribution is 5.88. The van der Waals surface area contributed by atoms with Crippen LogP contribution in [0.1, 0.15) is 24.8 Å². The van der Waals surface area contributed by atoms with Crippen LogP contribution in [-0.2, 0) is 16.1 Å². The first-order chi connectivity index (χ1) is 11.7. The summed E-state index contributed by atoms with van der Waals surface area (Å²) in [5, 5.41) is 2.82. The number of piperazine rings is 1. The van der Waals surface area contributed by atoms with Crippen LogP contribution in [0.15, 0.2) is 24.3 Å². The van der Waals surface area contributed by atoms with Crippen LogP contribution in [0, 0.1) is 0 Å². The van der Waals surface area contributed by atoms with Gasteiger partial charge in [0.15, 0.2) is 0 Å². The van der Waals surface area contributed by atoms with Gasteiger partial charge >= 0.3 is 0 Å². The van der Waals surface area contributed by atoms with Crippen LogP contribution >= 0.6 is 0 Å². The molecule has 0 radical (unpaired) electrons. The van der Waals surface area contributed by atoms with E-state index in [0.29, 0.717) is 19.5 Å². The zero-order valence-corrected chi connectivity index (χ0v) is 14.2. The number of piperidine rings is 1. The molecule has 0 unspecified atom stereocenters. The van der Waals surface area contributed by atoms with E-state index in [9.17, 15) is 9.59 Å². The second-order valence-electron chi connectivity index (χ2n) is 6.43. The van der Waals surface area contributed by atoms with Crippen LogP contribution in [0.3, 0.4) is 0 Å². The summed E-state index contributed by atoms with van der Waals surface area (Å²) in [5.41, 5.74) is 1.17. The second kappa shape index (κ2) is 7.66. The van der Waals surface area contributed by atoms with E-state index in [4.69, 9.17) is 4.74 Å². The van der Waals surface area contributed by atoms with Gasteiger partial charge in [-0.3, -0.25) is 14.5 Å². The molecule has 0 saturated carbocycles. The first-order valence-electron chi connectivity index (χ1n) is 8.60. The minimum Gasteiger partial charge on any atom is -0.496 e. The van der Waals surface area contributed by atoms with Gasteiger partial charge in [-0.15, -0.1) is 0 Å². The second-order valence-corrected chi connectivity index (χ2v) is 6.43. The Morgan fingerprint density at radius 1 is 1.25 bits per heavy atom. The lowest BCUT2D eigenvalue weighted by Gasteiger charge is -2.37. The van der Waals surface area contributed by atoms with Crippen molar-refractivity contribution in [3.05, 3.63) is 29.8 Å². The number of ether oxygens (including phenoxy) is 1. The van der Waals surface area contributed by atoms with E-state index in [-0.39, 0.29) is 17.9 Å². The van der Waals surface area contributed by atoms with Gasteiger partial charge in [-0.2, -0.15) is 0 Å². The van der Waals surface area contributed by atoms with Crippen molar-refractivity contribution in [1.29, 1.82) is 0 Å². The molecule has 0 spiro atoms. The Hall–Kier alpha value is -2.08. The van der Waals surface area contributed by atoms with Gasteiger partial charge in [-0.25, -0.2) is 0 Å². The van der Waals surface area contributed by atoms with E-state index in [0.717, 1.165) is 38.2 Å². The molecular formula is C18H25N3O3. The van der Waals surface area contributed by atoms with Crippen molar-refractivity contribution in [1.82, 2.24) is 15.1 Å². The third-order valence-corrected chi connectivity index (χ3v) is 4.80. The number of para-hydroxylation sites is 1. The molecule has 6 nitrogen and oxygen atoms in total. The monoisotopic (exact) mass is 331 g/mol. The highest BCUT2D eigenvalue weighted by Gasteiger charge is 2.30. The smallest absolute Gasteiger partial charge is 0.245 e. The molecule has 3 rings (SSSR count). The molecule has 0 aromatic heterocycles. The van der Waals surface area contributed by atoms with Crippen molar-refractivity contribution in [2.24, 2.45) is 0 Å². The highest BCUT2D eigenvalue weighted by atomic mass is 16.5. The lowest BCUT2D eigenvalue weighted by molar-refractivity contribution is -0.139. The maximum absolute atomic E-state index is 12.5. The van der Waals surface area contributed by atoms with Gasteiger partial charge in [0.25, 0.3) is 0 Å². The van der Waals surface area contributed by atoms with Crippen LogP contribution < -0.4 is 10.1 Å². The fourth-order valence-corrected chi connectivity index (χ4v) is 3.41. The number of hydrogen-bond donors (Lipinski definition) is 1. The van der Waals surface area contributed by atoms with E-state index in [1.54, 1.807) is 7.11 Å². The van der Waals surface area contributed by atoms with Crippen LogP contribution in [0.25, 0.3) is 0 Å². The molecule has 130 valence electrons. The van der Waals surface area contributed by atoms with E-state index >= 15 is 0 Å². The van der Waals surface area contributed by atoms with Crippen LogP contribution in [-0.4, -0.2) is 60.9 Å². The molecule has 1 N–H and O–H groups in total. The molecule has 1 atom stereocenters. The zero-order chi connectivity index (χ0) is 16.9. The van der Waals surface area contributed by atoms with Crippen molar-refractivity contribution in [2.45, 2.75) is 31.8 Å². The minimum absolute atomic E-state index is 0.00518. The SMILES string of the molecule is COc1ccccc1CN1CCN(C(=O)[C@H]2CCCC(=O)N2)CC1. The molecular weight excluding hydrogens is 306 g/mol. The molecule has 2 saturated heterocycles. The molecule has 2 amide bonds. The Bertz CT molecular complexity index is 597.